The molecule has 2 aromatic carbocycles. The lowest BCUT2D eigenvalue weighted by atomic mass is 10.00. The molecule has 1 aliphatic carbocycles. The predicted octanol–water partition coefficient (Wildman–Crippen LogP) is 3.09. The Kier molecular flexibility index (Phi) is 2.22. The van der Waals surface area contributed by atoms with Crippen LogP contribution in [0.25, 0.3) is 35.1 Å². The molecule has 0 heteroatoms. The Morgan fingerprint density at radius 2 is 1.24 bits per heavy atom. The molecular formula is C17H14. The normalized spacial score (nSPS) is 12.7. The molecule has 2 aromatic rings. The third-order valence-electron chi connectivity index (χ3n) is 3.36. The second-order valence-electron chi connectivity index (χ2n) is 4.36. The van der Waals surface area contributed by atoms with Gasteiger partial charge in [0.1, 0.15) is 0 Å². The SMILES string of the molecule is C=Cc1cc2cc3c(cc2cc1C=C)=CCC=3. The van der Waals surface area contributed by atoms with Gasteiger partial charge in [0.15, 0.2) is 0 Å². The Bertz CT molecular complexity index is 681. The Balaban J connectivity index is 2.45. The van der Waals surface area contributed by atoms with Gasteiger partial charge in [0.2, 0.25) is 0 Å². The first-order valence-corrected chi connectivity index (χ1v) is 5.85. The molecular weight excluding hydrogens is 204 g/mol. The highest BCUT2D eigenvalue weighted by Crippen LogP contribution is 2.20. The highest BCUT2D eigenvalue weighted by Gasteiger charge is 2.02. The summed E-state index contributed by atoms with van der Waals surface area (Å²) in [6.07, 6.45) is 9.36. The zero-order chi connectivity index (χ0) is 11.8. The van der Waals surface area contributed by atoms with Crippen molar-refractivity contribution < 1.29 is 0 Å². The number of benzene rings is 2. The molecule has 0 atom stereocenters. The molecule has 0 bridgehead atoms. The summed E-state index contributed by atoms with van der Waals surface area (Å²) in [6.45, 7) is 7.71. The van der Waals surface area contributed by atoms with Crippen LogP contribution in [0.1, 0.15) is 17.5 Å². The lowest BCUT2D eigenvalue weighted by molar-refractivity contribution is 1.58. The van der Waals surface area contributed by atoms with E-state index in [1.54, 1.807) is 0 Å². The van der Waals surface area contributed by atoms with Crippen molar-refractivity contribution >= 4 is 35.1 Å². The molecule has 0 spiro atoms. The van der Waals surface area contributed by atoms with E-state index in [0.717, 1.165) is 17.5 Å². The molecule has 0 nitrogen and oxygen atoms in total. The molecule has 1 aliphatic rings. The summed E-state index contributed by atoms with van der Waals surface area (Å²) in [6, 6.07) is 8.89. The highest BCUT2D eigenvalue weighted by atomic mass is 14.1. The smallest absolute Gasteiger partial charge is 0.0151 e. The maximum absolute atomic E-state index is 3.86. The van der Waals surface area contributed by atoms with Gasteiger partial charge in [0, 0.05) is 0 Å². The summed E-state index contributed by atoms with van der Waals surface area (Å²) in [5, 5.41) is 5.24. The fourth-order valence-electron chi connectivity index (χ4n) is 2.44. The van der Waals surface area contributed by atoms with Gasteiger partial charge in [-0.3, -0.25) is 0 Å². The van der Waals surface area contributed by atoms with Crippen LogP contribution in [0.4, 0.5) is 0 Å². The van der Waals surface area contributed by atoms with Gasteiger partial charge >= 0.3 is 0 Å². The van der Waals surface area contributed by atoms with Crippen molar-refractivity contribution in [3.63, 3.8) is 0 Å². The maximum atomic E-state index is 3.86. The molecule has 17 heavy (non-hydrogen) atoms. The molecule has 0 N–H and O–H groups in total. The first-order valence-electron chi connectivity index (χ1n) is 5.85. The maximum Gasteiger partial charge on any atom is -0.0151 e. The Morgan fingerprint density at radius 3 is 1.65 bits per heavy atom. The van der Waals surface area contributed by atoms with E-state index in [1.165, 1.54) is 21.2 Å². The fraction of sp³-hybridized carbons (Fsp3) is 0.0588. The van der Waals surface area contributed by atoms with Crippen molar-refractivity contribution in [1.29, 1.82) is 0 Å². The Hall–Kier alpha value is -2.08. The van der Waals surface area contributed by atoms with E-state index in [1.807, 2.05) is 12.2 Å². The van der Waals surface area contributed by atoms with Gasteiger partial charge in [-0.05, 0) is 63.0 Å². The van der Waals surface area contributed by atoms with Gasteiger partial charge in [0.25, 0.3) is 0 Å². The van der Waals surface area contributed by atoms with Crippen LogP contribution in [0.2, 0.25) is 0 Å². The van der Waals surface area contributed by atoms with Gasteiger partial charge in [0.05, 0.1) is 0 Å². The molecule has 0 aliphatic heterocycles. The minimum absolute atomic E-state index is 1.05. The molecule has 82 valence electrons. The van der Waals surface area contributed by atoms with Crippen LogP contribution in [-0.4, -0.2) is 0 Å². The lowest BCUT2D eigenvalue weighted by Gasteiger charge is -2.05. The monoisotopic (exact) mass is 218 g/mol. The molecule has 0 aromatic heterocycles. The van der Waals surface area contributed by atoms with E-state index in [9.17, 15) is 0 Å². The van der Waals surface area contributed by atoms with E-state index >= 15 is 0 Å². The first-order chi connectivity index (χ1) is 8.31. The van der Waals surface area contributed by atoms with Gasteiger partial charge < -0.3 is 0 Å². The summed E-state index contributed by atoms with van der Waals surface area (Å²) in [5.74, 6) is 0. The second kappa shape index (κ2) is 3.74. The summed E-state index contributed by atoms with van der Waals surface area (Å²) in [4.78, 5) is 0. The zero-order valence-corrected chi connectivity index (χ0v) is 9.74. The van der Waals surface area contributed by atoms with Gasteiger partial charge in [-0.15, -0.1) is 0 Å². The van der Waals surface area contributed by atoms with Crippen LogP contribution >= 0.6 is 0 Å². The second-order valence-corrected chi connectivity index (χ2v) is 4.36. The van der Waals surface area contributed by atoms with E-state index in [0.29, 0.717) is 0 Å². The van der Waals surface area contributed by atoms with E-state index < -0.39 is 0 Å². The summed E-state index contributed by atoms with van der Waals surface area (Å²) >= 11 is 0. The minimum Gasteiger partial charge on any atom is -0.0984 e. The largest absolute Gasteiger partial charge is 0.0984 e. The third-order valence-corrected chi connectivity index (χ3v) is 3.36. The van der Waals surface area contributed by atoms with Gasteiger partial charge in [-0.1, -0.05) is 37.5 Å². The van der Waals surface area contributed by atoms with Crippen molar-refractivity contribution in [1.82, 2.24) is 0 Å². The first kappa shape index (κ1) is 10.1. The quantitative estimate of drug-likeness (QED) is 0.726. The molecule has 0 radical (unpaired) electrons. The fourth-order valence-corrected chi connectivity index (χ4v) is 2.44. The molecule has 3 rings (SSSR count). The molecule has 0 heterocycles. The van der Waals surface area contributed by atoms with E-state index in [4.69, 9.17) is 0 Å². The average Bonchev–Trinajstić information content (AvgIpc) is 2.81. The van der Waals surface area contributed by atoms with Crippen molar-refractivity contribution in [2.75, 3.05) is 0 Å². The van der Waals surface area contributed by atoms with Crippen LogP contribution in [0.15, 0.2) is 37.4 Å². The topological polar surface area (TPSA) is 0 Å². The Morgan fingerprint density at radius 1 is 0.765 bits per heavy atom. The molecule has 0 saturated heterocycles. The highest BCUT2D eigenvalue weighted by molar-refractivity contribution is 5.89. The minimum atomic E-state index is 1.05. The summed E-state index contributed by atoms with van der Waals surface area (Å²) in [5.41, 5.74) is 2.30. The van der Waals surface area contributed by atoms with Crippen molar-refractivity contribution in [3.05, 3.63) is 59.0 Å². The van der Waals surface area contributed by atoms with Gasteiger partial charge in [-0.25, -0.2) is 0 Å². The molecule has 0 amide bonds. The van der Waals surface area contributed by atoms with Crippen LogP contribution in [0, 0.1) is 0 Å². The number of hydrogen-bond donors (Lipinski definition) is 0. The Labute approximate surface area is 101 Å². The predicted molar refractivity (Wildman–Crippen MR) is 76.9 cm³/mol. The lowest BCUT2D eigenvalue weighted by Crippen LogP contribution is -2.20. The van der Waals surface area contributed by atoms with Crippen molar-refractivity contribution in [3.8, 4) is 0 Å². The van der Waals surface area contributed by atoms with Crippen LogP contribution in [0.3, 0.4) is 0 Å². The average molecular weight is 218 g/mol. The number of fused-ring (bicyclic) bond motifs is 2. The van der Waals surface area contributed by atoms with Crippen LogP contribution < -0.4 is 10.4 Å². The van der Waals surface area contributed by atoms with E-state index in [2.05, 4.69) is 49.6 Å². The van der Waals surface area contributed by atoms with Crippen LogP contribution in [-0.2, 0) is 0 Å². The zero-order valence-electron chi connectivity index (χ0n) is 9.74. The molecule has 0 unspecified atom stereocenters. The number of hydrogen-bond acceptors (Lipinski definition) is 0. The third kappa shape index (κ3) is 1.53. The summed E-state index contributed by atoms with van der Waals surface area (Å²) in [7, 11) is 0. The molecule has 0 fully saturated rings. The van der Waals surface area contributed by atoms with E-state index in [-0.39, 0.29) is 0 Å². The van der Waals surface area contributed by atoms with Gasteiger partial charge in [-0.2, -0.15) is 0 Å². The van der Waals surface area contributed by atoms with Crippen molar-refractivity contribution in [2.45, 2.75) is 6.42 Å². The van der Waals surface area contributed by atoms with Crippen LogP contribution in [0.5, 0.6) is 0 Å². The summed E-state index contributed by atoms with van der Waals surface area (Å²) < 4.78 is 0. The van der Waals surface area contributed by atoms with Crippen molar-refractivity contribution in [2.24, 2.45) is 0 Å². The standard InChI is InChI=1S/C17H14/c1-3-12-8-16-10-14-6-5-7-15(14)11-17(16)9-13(12)4-2/h3-4,6-11H,1-2,5H2. The number of rotatable bonds is 2. The molecule has 0 saturated carbocycles.